The van der Waals surface area contributed by atoms with Crippen LogP contribution in [-0.2, 0) is 40.5 Å². The first kappa shape index (κ1) is 113. The number of nitro benzene ring substituents is 1. The predicted octanol–water partition coefficient (Wildman–Crippen LogP) is 17.1. The molecule has 12 N–H and O–H groups in total. The van der Waals surface area contributed by atoms with Gasteiger partial charge in [-0.15, -0.1) is 37.9 Å². The van der Waals surface area contributed by atoms with E-state index in [1.165, 1.54) is 78.0 Å². The summed E-state index contributed by atoms with van der Waals surface area (Å²) in [6.45, 7) is 24.7. The zero-order chi connectivity index (χ0) is 103. The fourth-order valence-electron chi connectivity index (χ4n) is 12.0. The van der Waals surface area contributed by atoms with Crippen LogP contribution in [0.5, 0.6) is 34.5 Å². The molecule has 0 aliphatic carbocycles. The van der Waals surface area contributed by atoms with E-state index in [0.717, 1.165) is 54.9 Å². The summed E-state index contributed by atoms with van der Waals surface area (Å²) in [5.41, 5.74) is 14.0. The Bertz CT molecular complexity index is 6370. The zero-order valence-electron chi connectivity index (χ0n) is 76.4. The third-order valence-corrected chi connectivity index (χ3v) is 19.2. The molecule has 734 valence electrons. The number of nitrogen functional groups attached to an aromatic ring is 1. The minimum atomic E-state index is -1.67. The number of aliphatic hydroxyl groups is 1. The summed E-state index contributed by atoms with van der Waals surface area (Å²) in [6.07, 6.45) is 15.6. The number of alkyl halides is 1. The molecule has 5 heterocycles. The molecule has 4 aromatic heterocycles. The van der Waals surface area contributed by atoms with E-state index in [1.807, 2.05) is 231 Å². The van der Waals surface area contributed by atoms with Gasteiger partial charge in [0.05, 0.1) is 15.9 Å². The maximum absolute atomic E-state index is 12.6. The van der Waals surface area contributed by atoms with Crippen molar-refractivity contribution in [1.82, 2.24) is 29.5 Å². The fraction of sp³-hybridized carbons (Fsp3) is 0.133. The molecule has 0 saturated heterocycles. The van der Waals surface area contributed by atoms with Crippen molar-refractivity contribution in [3.63, 3.8) is 0 Å². The Labute approximate surface area is 829 Å². The van der Waals surface area contributed by atoms with E-state index in [-0.39, 0.29) is 123 Å². The van der Waals surface area contributed by atoms with Gasteiger partial charge in [0, 0.05) is 120 Å². The lowest BCUT2D eigenvalue weighted by Crippen LogP contribution is -2.46. The molecule has 0 radical (unpaired) electrons. The number of ketones is 1. The monoisotopic (exact) mass is 1990 g/mol. The van der Waals surface area contributed by atoms with Crippen LogP contribution < -0.4 is 78.4 Å². The van der Waals surface area contributed by atoms with E-state index in [0.29, 0.717) is 51.7 Å². The van der Waals surface area contributed by atoms with E-state index in [4.69, 9.17) is 60.9 Å². The summed E-state index contributed by atoms with van der Waals surface area (Å²) in [6, 6.07) is 82.5. The SMILES string of the molecule is C=CCCC(=O)c1c(OCc2ccccc2)c(=O)ccn1N.C=CCN.C=CCN1CNn2ccc(=O)c(OCc3ccccc3)c2C1=O.C=CCNC(=O)c1[nH]ccc(=O)c1OCc1ccccc1.C=CCOc1ccccc1C(Cl)c1ccccc1.C=CCOc1ccccc1C(O)c1ccccc1.NOC(=O)c1ccc([N+](=O)[O-])cc1.O=C(O)c1[nH]ccc(=O)c1OCc1ccccc1.O=S(Cl)Cl. The highest BCUT2D eigenvalue weighted by Crippen LogP contribution is 2.35. The minimum absolute atomic E-state index is 0.0112. The first-order valence-electron chi connectivity index (χ1n) is 42.7. The number of aromatic carboxylic acids is 1. The van der Waals surface area contributed by atoms with Gasteiger partial charge in [-0.2, -0.15) is 5.90 Å². The first-order chi connectivity index (χ1) is 68.2. The number of ether oxygens (including phenoxy) is 6. The lowest BCUT2D eigenvalue weighted by Gasteiger charge is -2.31. The molecule has 1 aliphatic rings. The van der Waals surface area contributed by atoms with E-state index in [9.17, 15) is 58.4 Å². The van der Waals surface area contributed by atoms with Crippen molar-refractivity contribution in [3.8, 4) is 34.5 Å². The van der Waals surface area contributed by atoms with Gasteiger partial charge in [0.15, 0.2) is 51.6 Å². The van der Waals surface area contributed by atoms with Gasteiger partial charge in [0.1, 0.15) is 63.9 Å². The largest absolute Gasteiger partial charge is 0.489 e. The van der Waals surface area contributed by atoms with E-state index in [1.54, 1.807) is 41.4 Å². The van der Waals surface area contributed by atoms with Crippen molar-refractivity contribution in [2.45, 2.75) is 50.8 Å². The number of aliphatic hydroxyl groups excluding tert-OH is 1. The number of carbonyl (C=O) groups is 5. The number of non-ortho nitro benzene ring substituents is 1. The zero-order valence-corrected chi connectivity index (χ0v) is 79.5. The lowest BCUT2D eigenvalue weighted by atomic mass is 10.0. The van der Waals surface area contributed by atoms with Crippen LogP contribution in [-0.4, -0.2) is 113 Å². The summed E-state index contributed by atoms with van der Waals surface area (Å²) in [5, 5.41) is 31.9. The van der Waals surface area contributed by atoms with Gasteiger partial charge in [0.2, 0.25) is 30.9 Å². The molecule has 36 heteroatoms. The van der Waals surface area contributed by atoms with Crippen LogP contribution in [0.3, 0.4) is 0 Å². The molecule has 13 aromatic rings. The van der Waals surface area contributed by atoms with Crippen LogP contribution in [0.25, 0.3) is 0 Å². The number of hydrogen-bond acceptors (Lipinski definition) is 24. The first-order valence-corrected chi connectivity index (χ1v) is 46.0. The van der Waals surface area contributed by atoms with Gasteiger partial charge in [-0.1, -0.05) is 268 Å². The van der Waals surface area contributed by atoms with Crippen LogP contribution in [0.4, 0.5) is 5.69 Å². The van der Waals surface area contributed by atoms with Gasteiger partial charge in [0.25, 0.3) is 17.5 Å². The molecule has 2 atom stereocenters. The number of nitrogens with one attached hydrogen (secondary N) is 4. The second-order valence-corrected chi connectivity index (χ2v) is 31.6. The number of aromatic nitrogens is 4. The van der Waals surface area contributed by atoms with E-state index >= 15 is 0 Å². The summed E-state index contributed by atoms with van der Waals surface area (Å²) in [7, 11) is 7.36. The van der Waals surface area contributed by atoms with Crippen molar-refractivity contribution in [3.05, 3.63) is 504 Å². The topological polar surface area (TPSA) is 466 Å². The second kappa shape index (κ2) is 63.7. The quantitative estimate of drug-likeness (QED) is 0.00339. The molecule has 0 fully saturated rings. The van der Waals surface area contributed by atoms with Crippen LogP contribution in [0.15, 0.2) is 399 Å². The summed E-state index contributed by atoms with van der Waals surface area (Å²) >= 11 is 6.51. The number of carboxylic acids is 1. The molecule has 2 unspecified atom stereocenters. The third-order valence-electron chi connectivity index (χ3n) is 18.7. The summed E-state index contributed by atoms with van der Waals surface area (Å²) in [4.78, 5) is 127. The highest BCUT2D eigenvalue weighted by atomic mass is 36.0. The molecule has 14 rings (SSSR count). The molecule has 0 saturated carbocycles. The molecule has 141 heavy (non-hydrogen) atoms. The number of hydrogen-bond donors (Lipinski definition) is 9. The van der Waals surface area contributed by atoms with Crippen molar-refractivity contribution < 1.29 is 76.6 Å². The molecule has 32 nitrogen and oxygen atoms in total. The van der Waals surface area contributed by atoms with Gasteiger partial charge >= 0.3 is 11.9 Å². The Morgan fingerprint density at radius 3 is 1.38 bits per heavy atom. The number of pyridine rings is 4. The van der Waals surface area contributed by atoms with Crippen LogP contribution in [0.1, 0.15) is 121 Å². The Morgan fingerprint density at radius 1 is 0.518 bits per heavy atom. The number of nitrogens with two attached hydrogens (primary N) is 3. The number of aromatic amines is 2. The van der Waals surface area contributed by atoms with Crippen LogP contribution in [0.2, 0.25) is 0 Å². The van der Waals surface area contributed by atoms with Crippen molar-refractivity contribution in [2.75, 3.05) is 50.8 Å². The van der Waals surface area contributed by atoms with Gasteiger partial charge in [-0.05, 0) is 64.1 Å². The van der Waals surface area contributed by atoms with Crippen molar-refractivity contribution in [2.24, 2.45) is 11.6 Å². The molecule has 1 aliphatic heterocycles. The number of Topliss-reactive ketones (excluding diaryl/α,β-unsaturated/α-hetero) is 1. The Balaban J connectivity index is 0.000000250. The van der Waals surface area contributed by atoms with E-state index in [2.05, 4.69) is 92.3 Å². The molecule has 2 amide bonds. The highest BCUT2D eigenvalue weighted by molar-refractivity contribution is 8.26. The maximum Gasteiger partial charge on any atom is 0.356 e. The number of halogens is 3. The van der Waals surface area contributed by atoms with Crippen LogP contribution >= 0.6 is 33.0 Å². The number of nitrogens with zero attached hydrogens (tertiary/aromatic N) is 4. The summed E-state index contributed by atoms with van der Waals surface area (Å²) in [5.74, 6) is 8.92. The van der Waals surface area contributed by atoms with Crippen molar-refractivity contribution >= 4 is 77.4 Å². The molecule has 0 bridgehead atoms. The number of benzene rings is 9. The van der Waals surface area contributed by atoms with Gasteiger partial charge < -0.3 is 80.7 Å². The Hall–Kier alpha value is -16.5. The third kappa shape index (κ3) is 38.9. The number of fused-ring (bicyclic) bond motifs is 1. The van der Waals surface area contributed by atoms with Gasteiger partial charge in [-0.3, -0.25) is 53.0 Å². The minimum Gasteiger partial charge on any atom is -0.489 e. The average Bonchev–Trinajstić information content (AvgIpc) is 0.776. The van der Waals surface area contributed by atoms with Crippen LogP contribution in [0, 0.1) is 10.1 Å². The molecular formula is C105H106Cl3N11O21S. The molecule has 0 spiro atoms. The maximum atomic E-state index is 12.6. The normalized spacial score (nSPS) is 10.8. The number of carboxylic acid groups (broad SMARTS) is 1. The number of allylic oxidation sites excluding steroid dienone is 1. The predicted molar refractivity (Wildman–Crippen MR) is 548 cm³/mol. The Kier molecular flexibility index (Phi) is 51.2. The van der Waals surface area contributed by atoms with Gasteiger partial charge in [-0.25, -0.2) is 13.8 Å². The number of para-hydroxylation sites is 2. The number of carbonyl (C=O) groups excluding carboxylic acids is 4. The number of amides is 2. The number of rotatable bonds is 35. The standard InChI is InChI=1S/C17H17N3O3.C17H18N2O3.C16H15ClO.C16H16N2O3.C16H16O2.C13H11NO4.C7H6N2O4.C3H7N.Cl2OS/c1-2-9-19-12-18-20-10-8-14(21)16(15(20)17(19)22)23-11-13-6-4-3-5-7-13;1-2-3-9-14(20)16-17(15(21)10-11-19(16)18)22-12-13-7-5-4-6-8-13;1-2-12-18-15-11-7-6-10-14(15)16(17)13-8-4-3-5-9-13;1-2-9-18-16(20)14-15(13(19)8-10-17-14)21-11-12-6-4-3-5-7-12;1-2-12-18-15-11-7-6-10-14(15)16(17)13-8-4-3-5-9-13;15-10-6-7-14-11(13(16)17)12(10)18-8-9-4-2-1-3-5-9;8-13-7(10)5-1-3-6(4-2-5)9(11)12;1-2-3-4;1-4(2)3/h2-8,10,18H,1,9,11-12H2;2,4-8,10-11H,1,3,9,12,18H2;2-11,16H,1,12H2;2-8,10H,1,9,11H2,(H,17,19)(H,18,20);2-11,16-17H,1,12H2;1-7H,8H2,(H,14,15)(H,16,17);1-4H,8H2;2H,1,3-4H2;. The van der Waals surface area contributed by atoms with Crippen molar-refractivity contribution in [1.29, 1.82) is 0 Å². The smallest absolute Gasteiger partial charge is 0.356 e. The molecule has 9 aromatic carbocycles. The average molecular weight is 2000 g/mol. The molecular weight excluding hydrogens is 1890 g/mol. The summed E-state index contributed by atoms with van der Waals surface area (Å²) < 4.78 is 45.0. The van der Waals surface area contributed by atoms with E-state index < -0.39 is 43.5 Å². The lowest BCUT2D eigenvalue weighted by molar-refractivity contribution is -0.384. The Morgan fingerprint density at radius 2 is 0.929 bits per heavy atom. The number of nitro groups is 1. The fourth-order valence-corrected chi connectivity index (χ4v) is 12.4. The second-order valence-electron chi connectivity index (χ2n) is 28.6. The number of H-pyrrole nitrogens is 2. The highest BCUT2D eigenvalue weighted by Gasteiger charge is 2.29.